The number of carboxylic acid groups (broad SMARTS) is 1. The van der Waals surface area contributed by atoms with E-state index in [1.54, 1.807) is 6.08 Å². The zero-order chi connectivity index (χ0) is 14.1. The first-order valence-electron chi connectivity index (χ1n) is 6.23. The Kier molecular flexibility index (Phi) is 7.40. The van der Waals surface area contributed by atoms with E-state index in [-0.39, 0.29) is 0 Å². The van der Waals surface area contributed by atoms with E-state index in [0.717, 1.165) is 22.4 Å². The second-order valence-electron chi connectivity index (χ2n) is 4.50. The highest BCUT2D eigenvalue weighted by Crippen LogP contribution is 2.18. The molecule has 0 spiro atoms. The number of hydrogen-bond donors (Lipinski definition) is 1. The monoisotopic (exact) mass is 284 g/mol. The van der Waals surface area contributed by atoms with E-state index in [4.69, 9.17) is 14.6 Å². The number of rotatable bonds is 9. The van der Waals surface area contributed by atoms with Gasteiger partial charge in [0.2, 0.25) is 0 Å². The number of ether oxygens (including phenoxy) is 2. The van der Waals surface area contributed by atoms with Crippen molar-refractivity contribution in [1.82, 2.24) is 0 Å². The van der Waals surface area contributed by atoms with Gasteiger partial charge in [-0.2, -0.15) is 0 Å². The molecule has 0 aliphatic carbocycles. The molecule has 5 heteroatoms. The minimum absolute atomic E-state index is 0.538. The lowest BCUT2D eigenvalue weighted by Crippen LogP contribution is -2.08. The minimum Gasteiger partial charge on any atom is -0.478 e. The van der Waals surface area contributed by atoms with Crippen molar-refractivity contribution in [2.45, 2.75) is 20.5 Å². The molecule has 0 bridgehead atoms. The SMILES string of the molecule is CC(C)COCCOCc1ccc(/C=C/C(=O)O)s1. The molecule has 0 aromatic carbocycles. The van der Waals surface area contributed by atoms with Crippen LogP contribution in [0.15, 0.2) is 18.2 Å². The van der Waals surface area contributed by atoms with Crippen LogP contribution in [-0.2, 0) is 20.9 Å². The average Bonchev–Trinajstić information content (AvgIpc) is 2.78. The molecule has 1 N–H and O–H groups in total. The van der Waals surface area contributed by atoms with Crippen molar-refractivity contribution in [2.24, 2.45) is 5.92 Å². The van der Waals surface area contributed by atoms with Gasteiger partial charge in [-0.15, -0.1) is 11.3 Å². The lowest BCUT2D eigenvalue weighted by atomic mass is 10.2. The highest BCUT2D eigenvalue weighted by atomic mass is 32.1. The van der Waals surface area contributed by atoms with E-state index in [1.807, 2.05) is 12.1 Å². The highest BCUT2D eigenvalue weighted by molar-refractivity contribution is 7.12. The lowest BCUT2D eigenvalue weighted by Gasteiger charge is -2.06. The summed E-state index contributed by atoms with van der Waals surface area (Å²) < 4.78 is 10.9. The molecule has 0 aliphatic heterocycles. The van der Waals surface area contributed by atoms with Gasteiger partial charge in [-0.1, -0.05) is 13.8 Å². The maximum Gasteiger partial charge on any atom is 0.328 e. The first kappa shape index (κ1) is 15.9. The van der Waals surface area contributed by atoms with Crippen molar-refractivity contribution in [3.05, 3.63) is 28.0 Å². The van der Waals surface area contributed by atoms with Gasteiger partial charge >= 0.3 is 5.97 Å². The third-order valence-corrected chi connectivity index (χ3v) is 3.16. The standard InChI is InChI=1S/C14H20O4S/c1-11(2)9-17-7-8-18-10-13-4-3-12(19-13)5-6-14(15)16/h3-6,11H,7-10H2,1-2H3,(H,15,16)/b6-5+. The summed E-state index contributed by atoms with van der Waals surface area (Å²) >= 11 is 1.53. The summed E-state index contributed by atoms with van der Waals surface area (Å²) in [4.78, 5) is 12.4. The van der Waals surface area contributed by atoms with E-state index in [1.165, 1.54) is 11.3 Å². The van der Waals surface area contributed by atoms with Gasteiger partial charge < -0.3 is 14.6 Å². The fourth-order valence-corrected chi connectivity index (χ4v) is 2.18. The minimum atomic E-state index is -0.937. The molecular formula is C14H20O4S. The van der Waals surface area contributed by atoms with Crippen molar-refractivity contribution >= 4 is 23.4 Å². The van der Waals surface area contributed by atoms with E-state index in [9.17, 15) is 4.79 Å². The Hall–Kier alpha value is -1.17. The Morgan fingerprint density at radius 1 is 1.37 bits per heavy atom. The Morgan fingerprint density at radius 3 is 2.79 bits per heavy atom. The first-order chi connectivity index (χ1) is 9.08. The first-order valence-corrected chi connectivity index (χ1v) is 7.05. The van der Waals surface area contributed by atoms with Gasteiger partial charge in [-0.25, -0.2) is 4.79 Å². The smallest absolute Gasteiger partial charge is 0.328 e. The van der Waals surface area contributed by atoms with Crippen LogP contribution < -0.4 is 0 Å². The van der Waals surface area contributed by atoms with Crippen LogP contribution >= 0.6 is 11.3 Å². The molecule has 1 heterocycles. The van der Waals surface area contributed by atoms with Gasteiger partial charge in [-0.3, -0.25) is 0 Å². The topological polar surface area (TPSA) is 55.8 Å². The molecule has 1 aromatic rings. The Balaban J connectivity index is 2.18. The van der Waals surface area contributed by atoms with Gasteiger partial charge in [0.25, 0.3) is 0 Å². The largest absolute Gasteiger partial charge is 0.478 e. The lowest BCUT2D eigenvalue weighted by molar-refractivity contribution is -0.131. The fourth-order valence-electron chi connectivity index (χ4n) is 1.32. The van der Waals surface area contributed by atoms with E-state index in [2.05, 4.69) is 13.8 Å². The van der Waals surface area contributed by atoms with Crippen LogP contribution in [0.25, 0.3) is 6.08 Å². The van der Waals surface area contributed by atoms with Gasteiger partial charge in [-0.05, 0) is 24.1 Å². The zero-order valence-electron chi connectivity index (χ0n) is 11.3. The van der Waals surface area contributed by atoms with Crippen molar-refractivity contribution in [1.29, 1.82) is 0 Å². The molecule has 0 atom stereocenters. The fraction of sp³-hybridized carbons (Fsp3) is 0.500. The van der Waals surface area contributed by atoms with Crippen molar-refractivity contribution in [3.8, 4) is 0 Å². The quantitative estimate of drug-likeness (QED) is 0.559. The molecular weight excluding hydrogens is 264 g/mol. The second-order valence-corrected chi connectivity index (χ2v) is 5.70. The number of thiophene rings is 1. The maximum absolute atomic E-state index is 10.4. The molecule has 0 saturated carbocycles. The van der Waals surface area contributed by atoms with Gasteiger partial charge in [0.05, 0.1) is 19.8 Å². The summed E-state index contributed by atoms with van der Waals surface area (Å²) in [6.45, 7) is 6.70. The Bertz CT molecular complexity index is 409. The van der Waals surface area contributed by atoms with Crippen LogP contribution in [-0.4, -0.2) is 30.9 Å². The van der Waals surface area contributed by atoms with Crippen LogP contribution in [0.5, 0.6) is 0 Å². The number of hydrogen-bond acceptors (Lipinski definition) is 4. The molecule has 0 fully saturated rings. The average molecular weight is 284 g/mol. The van der Waals surface area contributed by atoms with E-state index in [0.29, 0.717) is 25.7 Å². The predicted molar refractivity (Wildman–Crippen MR) is 76.3 cm³/mol. The molecule has 0 saturated heterocycles. The van der Waals surface area contributed by atoms with E-state index < -0.39 is 5.97 Å². The van der Waals surface area contributed by atoms with Crippen LogP contribution in [0.1, 0.15) is 23.6 Å². The van der Waals surface area contributed by atoms with E-state index >= 15 is 0 Å². The molecule has 106 valence electrons. The summed E-state index contributed by atoms with van der Waals surface area (Å²) in [6, 6.07) is 3.83. The molecule has 0 amide bonds. The normalized spacial score (nSPS) is 11.5. The molecule has 0 radical (unpaired) electrons. The summed E-state index contributed by atoms with van der Waals surface area (Å²) in [7, 11) is 0. The summed E-state index contributed by atoms with van der Waals surface area (Å²) in [5.74, 6) is -0.394. The molecule has 1 aromatic heterocycles. The summed E-state index contributed by atoms with van der Waals surface area (Å²) in [5, 5.41) is 8.52. The predicted octanol–water partition coefficient (Wildman–Crippen LogP) is 3.04. The maximum atomic E-state index is 10.4. The molecule has 0 unspecified atom stereocenters. The number of carboxylic acids is 1. The molecule has 0 aliphatic rings. The Labute approximate surface area is 117 Å². The van der Waals surface area contributed by atoms with Crippen molar-refractivity contribution in [3.63, 3.8) is 0 Å². The Morgan fingerprint density at radius 2 is 2.11 bits per heavy atom. The van der Waals surface area contributed by atoms with Crippen LogP contribution in [0, 0.1) is 5.92 Å². The molecule has 1 rings (SSSR count). The van der Waals surface area contributed by atoms with Crippen LogP contribution in [0.4, 0.5) is 0 Å². The van der Waals surface area contributed by atoms with Gasteiger partial charge in [0.15, 0.2) is 0 Å². The number of aliphatic carboxylic acids is 1. The third kappa shape index (κ3) is 7.77. The molecule has 4 nitrogen and oxygen atoms in total. The highest BCUT2D eigenvalue weighted by Gasteiger charge is 1.99. The van der Waals surface area contributed by atoms with Crippen molar-refractivity contribution < 1.29 is 19.4 Å². The van der Waals surface area contributed by atoms with Crippen LogP contribution in [0.2, 0.25) is 0 Å². The third-order valence-electron chi connectivity index (χ3n) is 2.14. The molecule has 19 heavy (non-hydrogen) atoms. The van der Waals surface area contributed by atoms with Crippen molar-refractivity contribution in [2.75, 3.05) is 19.8 Å². The summed E-state index contributed by atoms with van der Waals surface area (Å²) in [6.07, 6.45) is 2.72. The van der Waals surface area contributed by atoms with Gasteiger partial charge in [0.1, 0.15) is 0 Å². The number of carbonyl (C=O) groups is 1. The zero-order valence-corrected chi connectivity index (χ0v) is 12.1. The summed E-state index contributed by atoms with van der Waals surface area (Å²) in [5.41, 5.74) is 0. The second kappa shape index (κ2) is 8.85. The van der Waals surface area contributed by atoms with Crippen LogP contribution in [0.3, 0.4) is 0 Å². The van der Waals surface area contributed by atoms with Gasteiger partial charge in [0, 0.05) is 22.4 Å².